The van der Waals surface area contributed by atoms with Crippen LogP contribution in [0.25, 0.3) is 6.08 Å². The Morgan fingerprint density at radius 2 is 1.69 bits per heavy atom. The van der Waals surface area contributed by atoms with Crippen LogP contribution >= 0.6 is 0 Å². The molecule has 0 heterocycles. The van der Waals surface area contributed by atoms with E-state index in [-0.39, 0.29) is 13.0 Å². The second kappa shape index (κ2) is 10.8. The highest BCUT2D eigenvalue weighted by Gasteiger charge is 2.46. The van der Waals surface area contributed by atoms with Crippen LogP contribution in [-0.4, -0.2) is 24.1 Å². The van der Waals surface area contributed by atoms with Crippen molar-refractivity contribution >= 4 is 18.0 Å². The van der Waals surface area contributed by atoms with Gasteiger partial charge in [-0.1, -0.05) is 62.1 Å². The molecule has 0 aromatic heterocycles. The van der Waals surface area contributed by atoms with E-state index in [9.17, 15) is 9.59 Å². The van der Waals surface area contributed by atoms with Crippen molar-refractivity contribution in [3.8, 4) is 0 Å². The van der Waals surface area contributed by atoms with E-state index in [4.69, 9.17) is 9.47 Å². The monoisotopic (exact) mass is 398 g/mol. The molecule has 0 aliphatic rings. The number of esters is 2. The highest BCUT2D eigenvalue weighted by atomic mass is 16.6. The molecule has 0 aliphatic carbocycles. The normalized spacial score (nSPS) is 14.3. The van der Waals surface area contributed by atoms with Gasteiger partial charge in [-0.3, -0.25) is 9.59 Å². The summed E-state index contributed by atoms with van der Waals surface area (Å²) in [6.45, 7) is 14.7. The van der Waals surface area contributed by atoms with Gasteiger partial charge in [0, 0.05) is 0 Å². The van der Waals surface area contributed by atoms with Crippen LogP contribution in [0.5, 0.6) is 0 Å². The first-order chi connectivity index (χ1) is 13.6. The smallest absolute Gasteiger partial charge is 0.324 e. The second-order valence-corrected chi connectivity index (χ2v) is 8.22. The fourth-order valence-corrected chi connectivity index (χ4v) is 2.76. The van der Waals surface area contributed by atoms with Crippen molar-refractivity contribution in [2.75, 3.05) is 6.61 Å². The summed E-state index contributed by atoms with van der Waals surface area (Å²) in [6.07, 6.45) is 8.55. The predicted molar refractivity (Wildman–Crippen MR) is 118 cm³/mol. The van der Waals surface area contributed by atoms with Crippen LogP contribution in [0.15, 0.2) is 54.6 Å². The Morgan fingerprint density at radius 1 is 1.07 bits per heavy atom. The number of carbonyl (C=O) groups excluding carboxylic acids is 2. The molecule has 0 amide bonds. The summed E-state index contributed by atoms with van der Waals surface area (Å²) >= 11 is 0. The highest BCUT2D eigenvalue weighted by molar-refractivity contribution is 6.00. The second-order valence-electron chi connectivity index (χ2n) is 8.22. The van der Waals surface area contributed by atoms with E-state index in [1.54, 1.807) is 33.8 Å². The Labute approximate surface area is 175 Å². The van der Waals surface area contributed by atoms with E-state index >= 15 is 0 Å². The molecule has 1 atom stereocenters. The summed E-state index contributed by atoms with van der Waals surface area (Å²) < 4.78 is 11.1. The lowest BCUT2D eigenvalue weighted by atomic mass is 9.83. The van der Waals surface area contributed by atoms with Crippen molar-refractivity contribution < 1.29 is 19.1 Å². The number of benzene rings is 1. The van der Waals surface area contributed by atoms with Crippen LogP contribution in [0.4, 0.5) is 0 Å². The maximum absolute atomic E-state index is 13.0. The van der Waals surface area contributed by atoms with Gasteiger partial charge in [0.2, 0.25) is 0 Å². The lowest BCUT2D eigenvalue weighted by Gasteiger charge is -2.30. The third-order valence-corrected chi connectivity index (χ3v) is 4.29. The minimum Gasteiger partial charge on any atom is -0.460 e. The van der Waals surface area contributed by atoms with E-state index in [1.807, 2.05) is 56.3 Å². The topological polar surface area (TPSA) is 52.6 Å². The minimum absolute atomic E-state index is 0.116. The molecule has 1 rings (SSSR count). The average Bonchev–Trinajstić information content (AvgIpc) is 2.65. The molecule has 1 aromatic carbocycles. The number of allylic oxidation sites excluding steroid dienone is 2. The predicted octanol–water partition coefficient (Wildman–Crippen LogP) is 5.68. The van der Waals surface area contributed by atoms with Gasteiger partial charge in [-0.05, 0) is 64.2 Å². The standard InChI is InChI=1S/C25H34O4/c1-8-11-21(12-9-2)18-28-22(26)25(7,23(27)29-24(4,5)6)17-20-15-13-19(10-3)14-16-20/h8,10-16H,3,9,17-18H2,1-2,4-7H3/b11-8-,21-12+. The van der Waals surface area contributed by atoms with Gasteiger partial charge in [0.25, 0.3) is 0 Å². The molecule has 158 valence electrons. The Balaban J connectivity index is 3.13. The van der Waals surface area contributed by atoms with E-state index in [0.717, 1.165) is 23.1 Å². The van der Waals surface area contributed by atoms with Gasteiger partial charge >= 0.3 is 11.9 Å². The number of hydrogen-bond acceptors (Lipinski definition) is 4. The summed E-state index contributed by atoms with van der Waals surface area (Å²) in [5, 5.41) is 0. The molecule has 0 spiro atoms. The molecule has 4 heteroatoms. The maximum Gasteiger partial charge on any atom is 0.324 e. The Kier molecular flexibility index (Phi) is 9.09. The molecular formula is C25H34O4. The number of ether oxygens (including phenoxy) is 2. The van der Waals surface area contributed by atoms with Gasteiger partial charge in [0.15, 0.2) is 5.41 Å². The SMILES string of the molecule is C=Cc1ccc(CC(C)(C(=O)OCC(/C=C\C)=C/CC)C(=O)OC(C)(C)C)cc1. The molecule has 1 aromatic rings. The van der Waals surface area contributed by atoms with E-state index < -0.39 is 23.0 Å². The van der Waals surface area contributed by atoms with E-state index in [1.165, 1.54) is 0 Å². The molecule has 0 fully saturated rings. The Bertz CT molecular complexity index is 763. The fraction of sp³-hybridized carbons (Fsp3) is 0.440. The molecule has 0 radical (unpaired) electrons. The molecular weight excluding hydrogens is 364 g/mol. The lowest BCUT2D eigenvalue weighted by Crippen LogP contribution is -2.44. The summed E-state index contributed by atoms with van der Waals surface area (Å²) in [7, 11) is 0. The Hall–Kier alpha value is -2.62. The lowest BCUT2D eigenvalue weighted by molar-refractivity contribution is -0.177. The van der Waals surface area contributed by atoms with Crippen molar-refractivity contribution in [2.45, 2.75) is 60.0 Å². The average molecular weight is 399 g/mol. The number of carbonyl (C=O) groups is 2. The van der Waals surface area contributed by atoms with Gasteiger partial charge in [0.1, 0.15) is 12.2 Å². The number of hydrogen-bond donors (Lipinski definition) is 0. The van der Waals surface area contributed by atoms with E-state index in [0.29, 0.717) is 0 Å². The van der Waals surface area contributed by atoms with Gasteiger partial charge in [0.05, 0.1) is 0 Å². The van der Waals surface area contributed by atoms with Crippen LogP contribution in [0.1, 0.15) is 59.1 Å². The van der Waals surface area contributed by atoms with Crippen LogP contribution in [-0.2, 0) is 25.5 Å². The van der Waals surface area contributed by atoms with Crippen molar-refractivity contribution in [1.29, 1.82) is 0 Å². The van der Waals surface area contributed by atoms with Gasteiger partial charge < -0.3 is 9.47 Å². The molecule has 0 bridgehead atoms. The largest absolute Gasteiger partial charge is 0.460 e. The molecule has 0 aliphatic heterocycles. The first-order valence-electron chi connectivity index (χ1n) is 9.99. The van der Waals surface area contributed by atoms with Crippen molar-refractivity contribution in [2.24, 2.45) is 5.41 Å². The molecule has 29 heavy (non-hydrogen) atoms. The minimum atomic E-state index is -1.45. The summed E-state index contributed by atoms with van der Waals surface area (Å²) in [4.78, 5) is 26.0. The Morgan fingerprint density at radius 3 is 2.17 bits per heavy atom. The van der Waals surface area contributed by atoms with Crippen molar-refractivity contribution in [3.05, 3.63) is 65.8 Å². The van der Waals surface area contributed by atoms with Crippen LogP contribution in [0, 0.1) is 5.41 Å². The number of rotatable bonds is 9. The van der Waals surface area contributed by atoms with Crippen LogP contribution in [0.3, 0.4) is 0 Å². The molecule has 1 unspecified atom stereocenters. The maximum atomic E-state index is 13.0. The summed E-state index contributed by atoms with van der Waals surface area (Å²) in [6, 6.07) is 7.57. The third kappa shape index (κ3) is 7.72. The molecule has 0 N–H and O–H groups in total. The summed E-state index contributed by atoms with van der Waals surface area (Å²) in [5.41, 5.74) is 0.555. The fourth-order valence-electron chi connectivity index (χ4n) is 2.76. The quantitative estimate of drug-likeness (QED) is 0.305. The van der Waals surface area contributed by atoms with E-state index in [2.05, 4.69) is 6.58 Å². The zero-order chi connectivity index (χ0) is 22.1. The molecule has 4 nitrogen and oxygen atoms in total. The van der Waals surface area contributed by atoms with Gasteiger partial charge in [-0.25, -0.2) is 0 Å². The molecule has 0 saturated heterocycles. The van der Waals surface area contributed by atoms with Gasteiger partial charge in [-0.2, -0.15) is 0 Å². The van der Waals surface area contributed by atoms with Crippen molar-refractivity contribution in [1.82, 2.24) is 0 Å². The molecule has 0 saturated carbocycles. The van der Waals surface area contributed by atoms with Crippen LogP contribution in [0.2, 0.25) is 0 Å². The summed E-state index contributed by atoms with van der Waals surface area (Å²) in [5.74, 6) is -1.18. The first-order valence-corrected chi connectivity index (χ1v) is 9.99. The zero-order valence-corrected chi connectivity index (χ0v) is 18.6. The first kappa shape index (κ1) is 24.4. The highest BCUT2D eigenvalue weighted by Crippen LogP contribution is 2.29. The van der Waals surface area contributed by atoms with Crippen molar-refractivity contribution in [3.63, 3.8) is 0 Å². The van der Waals surface area contributed by atoms with Crippen LogP contribution < -0.4 is 0 Å². The zero-order valence-electron chi connectivity index (χ0n) is 18.6. The third-order valence-electron chi connectivity index (χ3n) is 4.29. The van der Waals surface area contributed by atoms with Gasteiger partial charge in [-0.15, -0.1) is 0 Å².